The van der Waals surface area contributed by atoms with Gasteiger partial charge < -0.3 is 18.6 Å². The predicted octanol–water partition coefficient (Wildman–Crippen LogP) is 4.21. The zero-order valence-electron chi connectivity index (χ0n) is 16.4. The van der Waals surface area contributed by atoms with Crippen molar-refractivity contribution in [1.82, 2.24) is 4.98 Å². The van der Waals surface area contributed by atoms with E-state index in [1.165, 1.54) is 33.9 Å². The van der Waals surface area contributed by atoms with Crippen LogP contribution in [0.5, 0.6) is 17.2 Å². The van der Waals surface area contributed by atoms with E-state index in [0.717, 1.165) is 0 Å². The van der Waals surface area contributed by atoms with Crippen LogP contribution in [0, 0.1) is 0 Å². The van der Waals surface area contributed by atoms with Crippen LogP contribution < -0.4 is 14.2 Å². The fraction of sp³-hybridized carbons (Fsp3) is 0.227. The SMILES string of the molecule is COc1ccc(C(=O)CCC(=O)c2ccc(OC)c(-c3ccoc3)n2)cc1OC. The van der Waals surface area contributed by atoms with Gasteiger partial charge in [-0.1, -0.05) is 0 Å². The number of hydrogen-bond donors (Lipinski definition) is 0. The number of Topliss-reactive ketones (excluding diaryl/α,β-unsaturated/α-hetero) is 2. The van der Waals surface area contributed by atoms with Crippen LogP contribution >= 0.6 is 0 Å². The lowest BCUT2D eigenvalue weighted by Gasteiger charge is -2.09. The number of carbonyl (C=O) groups is 2. The number of hydrogen-bond acceptors (Lipinski definition) is 7. The van der Waals surface area contributed by atoms with Crippen molar-refractivity contribution in [2.75, 3.05) is 21.3 Å². The molecule has 0 N–H and O–H groups in total. The molecule has 0 spiro atoms. The van der Waals surface area contributed by atoms with Crippen molar-refractivity contribution in [3.05, 3.63) is 60.2 Å². The minimum Gasteiger partial charge on any atom is -0.494 e. The summed E-state index contributed by atoms with van der Waals surface area (Å²) in [7, 11) is 4.56. The van der Waals surface area contributed by atoms with Gasteiger partial charge in [-0.3, -0.25) is 9.59 Å². The largest absolute Gasteiger partial charge is 0.494 e. The quantitative estimate of drug-likeness (QED) is 0.501. The number of pyridine rings is 1. The van der Waals surface area contributed by atoms with Crippen LogP contribution in [0.15, 0.2) is 53.3 Å². The second-order valence-corrected chi connectivity index (χ2v) is 6.18. The number of aromatic nitrogens is 1. The summed E-state index contributed by atoms with van der Waals surface area (Å²) in [6.07, 6.45) is 3.15. The van der Waals surface area contributed by atoms with Crippen LogP contribution in [0.2, 0.25) is 0 Å². The summed E-state index contributed by atoms with van der Waals surface area (Å²) in [5, 5.41) is 0. The standard InChI is InChI=1S/C22H21NO6/c1-26-19-8-4-14(12-21(19)28-3)17(24)6-7-18(25)16-5-9-20(27-2)22(23-16)15-10-11-29-13-15/h4-5,8-13H,6-7H2,1-3H3. The molecule has 29 heavy (non-hydrogen) atoms. The Balaban J connectivity index is 1.72. The number of methoxy groups -OCH3 is 3. The van der Waals surface area contributed by atoms with Crippen molar-refractivity contribution in [2.24, 2.45) is 0 Å². The van der Waals surface area contributed by atoms with Crippen molar-refractivity contribution in [3.63, 3.8) is 0 Å². The average molecular weight is 395 g/mol. The van der Waals surface area contributed by atoms with E-state index < -0.39 is 0 Å². The monoisotopic (exact) mass is 395 g/mol. The Hall–Kier alpha value is -3.61. The van der Waals surface area contributed by atoms with Gasteiger partial charge in [0.15, 0.2) is 23.1 Å². The van der Waals surface area contributed by atoms with Gasteiger partial charge in [0, 0.05) is 24.0 Å². The summed E-state index contributed by atoms with van der Waals surface area (Å²) < 4.78 is 20.8. The molecule has 7 heteroatoms. The first-order chi connectivity index (χ1) is 14.1. The number of ether oxygens (including phenoxy) is 3. The van der Waals surface area contributed by atoms with Crippen LogP contribution in [0.1, 0.15) is 33.7 Å². The van der Waals surface area contributed by atoms with Gasteiger partial charge in [-0.15, -0.1) is 0 Å². The van der Waals surface area contributed by atoms with Crippen molar-refractivity contribution >= 4 is 11.6 Å². The highest BCUT2D eigenvalue weighted by Gasteiger charge is 2.17. The lowest BCUT2D eigenvalue weighted by atomic mass is 10.0. The number of rotatable bonds is 9. The lowest BCUT2D eigenvalue weighted by molar-refractivity contribution is 0.0915. The Kier molecular flexibility index (Phi) is 6.29. The summed E-state index contributed by atoms with van der Waals surface area (Å²) in [5.74, 6) is 1.14. The van der Waals surface area contributed by atoms with E-state index in [2.05, 4.69) is 4.98 Å². The molecule has 150 valence electrons. The number of carbonyl (C=O) groups excluding carboxylic acids is 2. The first-order valence-electron chi connectivity index (χ1n) is 8.93. The molecular formula is C22H21NO6. The van der Waals surface area contributed by atoms with Gasteiger partial charge in [-0.25, -0.2) is 4.98 Å². The summed E-state index contributed by atoms with van der Waals surface area (Å²) in [6, 6.07) is 9.92. The number of benzene rings is 1. The first-order valence-corrected chi connectivity index (χ1v) is 8.93. The van der Waals surface area contributed by atoms with Crippen LogP contribution in [0.25, 0.3) is 11.3 Å². The van der Waals surface area contributed by atoms with Gasteiger partial charge in [0.25, 0.3) is 0 Å². The van der Waals surface area contributed by atoms with Gasteiger partial charge in [-0.2, -0.15) is 0 Å². The molecule has 7 nitrogen and oxygen atoms in total. The minimum absolute atomic E-state index is 0.0390. The molecule has 1 aromatic carbocycles. The van der Waals surface area contributed by atoms with E-state index in [-0.39, 0.29) is 30.1 Å². The molecule has 2 heterocycles. The second-order valence-electron chi connectivity index (χ2n) is 6.18. The molecule has 0 amide bonds. The highest BCUT2D eigenvalue weighted by Crippen LogP contribution is 2.30. The van der Waals surface area contributed by atoms with Crippen LogP contribution in [-0.2, 0) is 0 Å². The molecule has 0 aliphatic rings. The normalized spacial score (nSPS) is 10.4. The number of furan rings is 1. The zero-order chi connectivity index (χ0) is 20.8. The molecule has 3 rings (SSSR count). The van der Waals surface area contributed by atoms with E-state index in [1.54, 1.807) is 36.4 Å². The molecule has 0 radical (unpaired) electrons. The molecule has 0 aliphatic heterocycles. The number of nitrogens with zero attached hydrogens (tertiary/aromatic N) is 1. The molecule has 0 bridgehead atoms. The zero-order valence-corrected chi connectivity index (χ0v) is 16.4. The smallest absolute Gasteiger partial charge is 0.181 e. The molecule has 0 atom stereocenters. The first kappa shape index (κ1) is 20.1. The topological polar surface area (TPSA) is 87.9 Å². The van der Waals surface area contributed by atoms with Gasteiger partial charge >= 0.3 is 0 Å². The summed E-state index contributed by atoms with van der Waals surface area (Å²) in [5.41, 5.74) is 1.94. The Morgan fingerprint density at radius 2 is 1.55 bits per heavy atom. The average Bonchev–Trinajstić information content (AvgIpc) is 3.31. The van der Waals surface area contributed by atoms with Crippen molar-refractivity contribution in [1.29, 1.82) is 0 Å². The van der Waals surface area contributed by atoms with Gasteiger partial charge in [0.05, 0.1) is 33.9 Å². The Labute approximate surface area is 168 Å². The van der Waals surface area contributed by atoms with Crippen LogP contribution in [-0.4, -0.2) is 37.9 Å². The number of ketones is 2. The van der Waals surface area contributed by atoms with Crippen LogP contribution in [0.4, 0.5) is 0 Å². The second kappa shape index (κ2) is 9.05. The van der Waals surface area contributed by atoms with Gasteiger partial charge in [0.2, 0.25) is 0 Å². The fourth-order valence-electron chi connectivity index (χ4n) is 2.88. The van der Waals surface area contributed by atoms with Gasteiger partial charge in [-0.05, 0) is 36.4 Å². The molecule has 0 fully saturated rings. The Morgan fingerprint density at radius 1 is 0.862 bits per heavy atom. The maximum atomic E-state index is 12.6. The maximum Gasteiger partial charge on any atom is 0.181 e. The Bertz CT molecular complexity index is 1010. The highest BCUT2D eigenvalue weighted by molar-refractivity contribution is 6.02. The minimum atomic E-state index is -0.230. The molecule has 3 aromatic rings. The van der Waals surface area contributed by atoms with E-state index in [9.17, 15) is 9.59 Å². The van der Waals surface area contributed by atoms with Crippen LogP contribution in [0.3, 0.4) is 0 Å². The fourth-order valence-corrected chi connectivity index (χ4v) is 2.88. The summed E-state index contributed by atoms with van der Waals surface area (Å²) >= 11 is 0. The van der Waals surface area contributed by atoms with E-state index in [0.29, 0.717) is 34.1 Å². The molecule has 0 aliphatic carbocycles. The Morgan fingerprint density at radius 3 is 2.21 bits per heavy atom. The van der Waals surface area contributed by atoms with E-state index >= 15 is 0 Å². The lowest BCUT2D eigenvalue weighted by Crippen LogP contribution is -2.08. The van der Waals surface area contributed by atoms with Crippen molar-refractivity contribution in [2.45, 2.75) is 12.8 Å². The molecule has 2 aromatic heterocycles. The summed E-state index contributed by atoms with van der Waals surface area (Å²) in [6.45, 7) is 0. The third-order valence-electron chi connectivity index (χ3n) is 4.44. The van der Waals surface area contributed by atoms with E-state index in [1.807, 2.05) is 0 Å². The molecule has 0 saturated heterocycles. The third kappa shape index (κ3) is 4.45. The summed E-state index contributed by atoms with van der Waals surface area (Å²) in [4.78, 5) is 29.5. The van der Waals surface area contributed by atoms with Crippen molar-refractivity contribution < 1.29 is 28.2 Å². The van der Waals surface area contributed by atoms with E-state index in [4.69, 9.17) is 18.6 Å². The van der Waals surface area contributed by atoms with Crippen molar-refractivity contribution in [3.8, 4) is 28.5 Å². The maximum absolute atomic E-state index is 12.6. The van der Waals surface area contributed by atoms with Gasteiger partial charge in [0.1, 0.15) is 17.1 Å². The third-order valence-corrected chi connectivity index (χ3v) is 4.44. The highest BCUT2D eigenvalue weighted by atomic mass is 16.5. The molecular weight excluding hydrogens is 374 g/mol. The predicted molar refractivity (Wildman–Crippen MR) is 106 cm³/mol. The molecule has 0 unspecified atom stereocenters. The molecule has 0 saturated carbocycles.